The number of fused-ring (bicyclic) bond motifs is 2. The molecule has 4 rings (SSSR count). The lowest BCUT2D eigenvalue weighted by Crippen LogP contribution is -2.29. The lowest BCUT2D eigenvalue weighted by atomic mass is 10.1. The highest BCUT2D eigenvalue weighted by Crippen LogP contribution is 2.19. The number of benzene rings is 3. The molecule has 0 atom stereocenters. The van der Waals surface area contributed by atoms with Crippen molar-refractivity contribution in [2.45, 2.75) is 13.1 Å². The molecule has 0 spiro atoms. The van der Waals surface area contributed by atoms with Crippen LogP contribution < -0.4 is 10.7 Å². The van der Waals surface area contributed by atoms with Gasteiger partial charge in [-0.2, -0.15) is 0 Å². The Balaban J connectivity index is 1.47. The van der Waals surface area contributed by atoms with E-state index in [4.69, 9.17) is 4.74 Å². The van der Waals surface area contributed by atoms with E-state index in [1.165, 1.54) is 6.07 Å². The minimum absolute atomic E-state index is 0.00194. The second-order valence-electron chi connectivity index (χ2n) is 6.98. The molecule has 0 aliphatic rings. The number of nitrogens with one attached hydrogen (secondary N) is 1. The van der Waals surface area contributed by atoms with Crippen LogP contribution in [0, 0.1) is 5.82 Å². The number of aromatic nitrogens is 1. The van der Waals surface area contributed by atoms with Crippen molar-refractivity contribution in [2.75, 3.05) is 6.61 Å². The maximum Gasteiger partial charge on any atom is 0.326 e. The molecule has 1 amide bonds. The summed E-state index contributed by atoms with van der Waals surface area (Å²) in [6.45, 7) is -0.650. The van der Waals surface area contributed by atoms with Crippen molar-refractivity contribution < 1.29 is 18.7 Å². The maximum absolute atomic E-state index is 13.6. The normalized spacial score (nSPS) is 10.9. The van der Waals surface area contributed by atoms with Crippen LogP contribution in [0.3, 0.4) is 0 Å². The molecule has 0 unspecified atom stereocenters. The molecule has 0 bridgehead atoms. The second kappa shape index (κ2) is 8.79. The zero-order valence-corrected chi connectivity index (χ0v) is 16.5. The SMILES string of the molecule is O=C(COC(=O)Cn1c2ccccc2c(=O)c2ccccc21)NCc1ccccc1F. The zero-order valence-electron chi connectivity index (χ0n) is 16.5. The number of rotatable bonds is 6. The van der Waals surface area contributed by atoms with E-state index in [1.54, 1.807) is 71.3 Å². The van der Waals surface area contributed by atoms with E-state index in [2.05, 4.69) is 5.32 Å². The Morgan fingerprint density at radius 1 is 0.871 bits per heavy atom. The predicted molar refractivity (Wildman–Crippen MR) is 115 cm³/mol. The lowest BCUT2D eigenvalue weighted by molar-refractivity contribution is -0.149. The van der Waals surface area contributed by atoms with Crippen molar-refractivity contribution in [2.24, 2.45) is 0 Å². The van der Waals surface area contributed by atoms with Crippen LogP contribution in [0.2, 0.25) is 0 Å². The van der Waals surface area contributed by atoms with Crippen molar-refractivity contribution in [1.82, 2.24) is 9.88 Å². The number of pyridine rings is 1. The van der Waals surface area contributed by atoms with E-state index in [0.29, 0.717) is 27.4 Å². The summed E-state index contributed by atoms with van der Waals surface area (Å²) in [5.41, 5.74) is 1.44. The van der Waals surface area contributed by atoms with Gasteiger partial charge in [0.1, 0.15) is 12.4 Å². The van der Waals surface area contributed by atoms with E-state index < -0.39 is 24.3 Å². The number of ether oxygens (including phenoxy) is 1. The van der Waals surface area contributed by atoms with Gasteiger partial charge in [0.05, 0.1) is 11.0 Å². The molecule has 7 heteroatoms. The molecule has 6 nitrogen and oxygen atoms in total. The summed E-state index contributed by atoms with van der Waals surface area (Å²) in [5, 5.41) is 3.52. The van der Waals surface area contributed by atoms with Crippen LogP contribution in [0.15, 0.2) is 77.6 Å². The first kappa shape index (κ1) is 20.3. The highest BCUT2D eigenvalue weighted by atomic mass is 19.1. The van der Waals surface area contributed by atoms with Crippen LogP contribution in [0.25, 0.3) is 21.8 Å². The Bertz CT molecular complexity index is 1290. The fraction of sp³-hybridized carbons (Fsp3) is 0.125. The smallest absolute Gasteiger partial charge is 0.326 e. The Morgan fingerprint density at radius 2 is 1.45 bits per heavy atom. The molecule has 0 saturated heterocycles. The fourth-order valence-electron chi connectivity index (χ4n) is 3.45. The number of hydrogen-bond donors (Lipinski definition) is 1. The van der Waals surface area contributed by atoms with Gasteiger partial charge in [0.2, 0.25) is 0 Å². The summed E-state index contributed by atoms with van der Waals surface area (Å²) in [6, 6.07) is 20.1. The first-order valence-electron chi connectivity index (χ1n) is 9.70. The fourth-order valence-corrected chi connectivity index (χ4v) is 3.45. The van der Waals surface area contributed by atoms with Gasteiger partial charge in [0, 0.05) is 22.9 Å². The van der Waals surface area contributed by atoms with Crippen molar-refractivity contribution >= 4 is 33.7 Å². The highest BCUT2D eigenvalue weighted by molar-refractivity contribution is 5.94. The number of carbonyl (C=O) groups is 2. The number of nitrogens with zero attached hydrogens (tertiary/aromatic N) is 1. The molecular weight excluding hydrogens is 399 g/mol. The number of esters is 1. The van der Waals surface area contributed by atoms with Crippen LogP contribution >= 0.6 is 0 Å². The Labute approximate surface area is 176 Å². The van der Waals surface area contributed by atoms with Gasteiger partial charge in [-0.05, 0) is 30.3 Å². The van der Waals surface area contributed by atoms with Crippen molar-refractivity contribution in [1.29, 1.82) is 0 Å². The molecule has 4 aromatic rings. The highest BCUT2D eigenvalue weighted by Gasteiger charge is 2.14. The molecule has 0 aliphatic carbocycles. The number of hydrogen-bond acceptors (Lipinski definition) is 4. The standard InChI is InChI=1S/C24H19FN2O4/c25-19-10-4-1-7-16(19)13-26-22(28)15-31-23(29)14-27-20-11-5-2-8-17(20)24(30)18-9-3-6-12-21(18)27/h1-12H,13-15H2,(H,26,28). The minimum atomic E-state index is -0.625. The van der Waals surface area contributed by atoms with Crippen molar-refractivity contribution in [3.05, 3.63) is 94.4 Å². The van der Waals surface area contributed by atoms with Gasteiger partial charge in [0.15, 0.2) is 12.0 Å². The molecule has 0 radical (unpaired) electrons. The number of carbonyl (C=O) groups excluding carboxylic acids is 2. The summed E-state index contributed by atoms with van der Waals surface area (Å²) in [7, 11) is 0. The topological polar surface area (TPSA) is 77.4 Å². The quantitative estimate of drug-likeness (QED) is 0.386. The first-order valence-corrected chi connectivity index (χ1v) is 9.70. The molecule has 1 N–H and O–H groups in total. The molecule has 1 heterocycles. The molecule has 0 aliphatic heterocycles. The van der Waals surface area contributed by atoms with E-state index in [9.17, 15) is 18.8 Å². The minimum Gasteiger partial charge on any atom is -0.454 e. The summed E-state index contributed by atoms with van der Waals surface area (Å²) in [4.78, 5) is 37.2. The van der Waals surface area contributed by atoms with Crippen molar-refractivity contribution in [3.63, 3.8) is 0 Å². The molecule has 1 aromatic heterocycles. The van der Waals surface area contributed by atoms with Crippen LogP contribution in [0.1, 0.15) is 5.56 Å². The van der Waals surface area contributed by atoms with Gasteiger partial charge in [-0.15, -0.1) is 0 Å². The maximum atomic E-state index is 13.6. The third-order valence-electron chi connectivity index (χ3n) is 4.96. The average Bonchev–Trinajstić information content (AvgIpc) is 2.80. The Hall–Kier alpha value is -4.00. The number of halogens is 1. The number of amides is 1. The van der Waals surface area contributed by atoms with Crippen LogP contribution in [0.4, 0.5) is 4.39 Å². The number of para-hydroxylation sites is 2. The van der Waals surface area contributed by atoms with Crippen LogP contribution in [0.5, 0.6) is 0 Å². The molecule has 156 valence electrons. The molecule has 0 saturated carbocycles. The predicted octanol–water partition coefficient (Wildman–Crippen LogP) is 3.15. The Kier molecular flexibility index (Phi) is 5.75. The second-order valence-corrected chi connectivity index (χ2v) is 6.98. The van der Waals surface area contributed by atoms with Crippen molar-refractivity contribution in [3.8, 4) is 0 Å². The zero-order chi connectivity index (χ0) is 21.8. The van der Waals surface area contributed by atoms with Gasteiger partial charge in [0.25, 0.3) is 5.91 Å². The lowest BCUT2D eigenvalue weighted by Gasteiger charge is -2.14. The van der Waals surface area contributed by atoms with Gasteiger partial charge in [-0.25, -0.2) is 4.39 Å². The van der Waals surface area contributed by atoms with E-state index in [0.717, 1.165) is 0 Å². The molecule has 3 aromatic carbocycles. The van der Waals surface area contributed by atoms with E-state index >= 15 is 0 Å². The van der Waals surface area contributed by atoms with Crippen LogP contribution in [-0.2, 0) is 27.4 Å². The summed E-state index contributed by atoms with van der Waals surface area (Å²) < 4.78 is 20.4. The Morgan fingerprint density at radius 3 is 2.10 bits per heavy atom. The summed E-state index contributed by atoms with van der Waals surface area (Å²) in [5.74, 6) is -1.58. The molecule has 0 fully saturated rings. The summed E-state index contributed by atoms with van der Waals surface area (Å²) in [6.07, 6.45) is 0. The van der Waals surface area contributed by atoms with Gasteiger partial charge < -0.3 is 14.6 Å². The monoisotopic (exact) mass is 418 g/mol. The summed E-state index contributed by atoms with van der Waals surface area (Å²) >= 11 is 0. The third kappa shape index (κ3) is 4.30. The van der Waals surface area contributed by atoms with E-state index in [1.807, 2.05) is 0 Å². The van der Waals surface area contributed by atoms with Gasteiger partial charge >= 0.3 is 5.97 Å². The third-order valence-corrected chi connectivity index (χ3v) is 4.96. The first-order chi connectivity index (χ1) is 15.0. The molecular formula is C24H19FN2O4. The van der Waals surface area contributed by atoms with Gasteiger partial charge in [-0.3, -0.25) is 14.4 Å². The van der Waals surface area contributed by atoms with E-state index in [-0.39, 0.29) is 18.5 Å². The largest absolute Gasteiger partial charge is 0.454 e. The van der Waals surface area contributed by atoms with Gasteiger partial charge in [-0.1, -0.05) is 42.5 Å². The average molecular weight is 418 g/mol. The van der Waals surface area contributed by atoms with Crippen LogP contribution in [-0.4, -0.2) is 23.1 Å². The molecule has 31 heavy (non-hydrogen) atoms.